The number of ether oxygens (including phenoxy) is 3. The Bertz CT molecular complexity index is 887. The first-order valence-corrected chi connectivity index (χ1v) is 9.10. The van der Waals surface area contributed by atoms with Crippen LogP contribution in [0.4, 0.5) is 5.69 Å². The molecule has 144 valence electrons. The van der Waals surface area contributed by atoms with Crippen molar-refractivity contribution >= 4 is 11.6 Å². The van der Waals surface area contributed by atoms with Gasteiger partial charge in [0.05, 0.1) is 20.1 Å². The van der Waals surface area contributed by atoms with Crippen LogP contribution < -0.4 is 19.5 Å². The van der Waals surface area contributed by atoms with Gasteiger partial charge in [-0.1, -0.05) is 12.1 Å². The summed E-state index contributed by atoms with van der Waals surface area (Å²) in [4.78, 5) is 12.2. The molecule has 5 heteroatoms. The van der Waals surface area contributed by atoms with E-state index in [1.165, 1.54) is 0 Å². The number of amides is 1. The molecule has 0 unspecified atom stereocenters. The van der Waals surface area contributed by atoms with Crippen molar-refractivity contribution in [1.29, 1.82) is 0 Å². The summed E-state index contributed by atoms with van der Waals surface area (Å²) in [5, 5.41) is 2.89. The highest BCUT2D eigenvalue weighted by Crippen LogP contribution is 2.25. The quantitative estimate of drug-likeness (QED) is 0.596. The van der Waals surface area contributed by atoms with E-state index in [0.29, 0.717) is 18.8 Å². The second-order valence-corrected chi connectivity index (χ2v) is 6.10. The lowest BCUT2D eigenvalue weighted by atomic mass is 10.1. The summed E-state index contributed by atoms with van der Waals surface area (Å²) in [6.45, 7) is 2.58. The third kappa shape index (κ3) is 5.51. The SMILES string of the molecule is CCOc1ccc(Oc2ccc(NC(=O)Cc3ccc(OC)cc3)cc2)cc1. The lowest BCUT2D eigenvalue weighted by Gasteiger charge is -2.09. The highest BCUT2D eigenvalue weighted by atomic mass is 16.5. The predicted octanol–water partition coefficient (Wildman–Crippen LogP) is 5.07. The van der Waals surface area contributed by atoms with Crippen LogP contribution in [0.2, 0.25) is 0 Å². The Balaban J connectivity index is 1.53. The molecule has 0 bridgehead atoms. The lowest BCUT2D eigenvalue weighted by Crippen LogP contribution is -2.14. The van der Waals surface area contributed by atoms with E-state index in [2.05, 4.69) is 5.32 Å². The van der Waals surface area contributed by atoms with Gasteiger partial charge in [-0.05, 0) is 73.2 Å². The van der Waals surface area contributed by atoms with Gasteiger partial charge in [-0.25, -0.2) is 0 Å². The van der Waals surface area contributed by atoms with Crippen LogP contribution in [-0.2, 0) is 11.2 Å². The van der Waals surface area contributed by atoms with Gasteiger partial charge in [0, 0.05) is 5.69 Å². The molecule has 1 amide bonds. The number of carbonyl (C=O) groups excluding carboxylic acids is 1. The highest BCUT2D eigenvalue weighted by Gasteiger charge is 2.05. The van der Waals surface area contributed by atoms with Gasteiger partial charge in [0.2, 0.25) is 5.91 Å². The lowest BCUT2D eigenvalue weighted by molar-refractivity contribution is -0.115. The van der Waals surface area contributed by atoms with E-state index in [9.17, 15) is 4.79 Å². The van der Waals surface area contributed by atoms with Crippen molar-refractivity contribution in [2.24, 2.45) is 0 Å². The van der Waals surface area contributed by atoms with Gasteiger partial charge in [0.1, 0.15) is 23.0 Å². The minimum Gasteiger partial charge on any atom is -0.497 e. The maximum absolute atomic E-state index is 12.2. The molecule has 0 aliphatic carbocycles. The first-order chi connectivity index (χ1) is 13.7. The van der Waals surface area contributed by atoms with Crippen molar-refractivity contribution < 1.29 is 19.0 Å². The molecule has 3 aromatic rings. The van der Waals surface area contributed by atoms with Crippen molar-refractivity contribution in [2.45, 2.75) is 13.3 Å². The van der Waals surface area contributed by atoms with Crippen LogP contribution in [0, 0.1) is 0 Å². The molecule has 0 fully saturated rings. The summed E-state index contributed by atoms with van der Waals surface area (Å²) in [5.74, 6) is 2.92. The van der Waals surface area contributed by atoms with E-state index in [1.54, 1.807) is 7.11 Å². The molecule has 0 heterocycles. The third-order valence-electron chi connectivity index (χ3n) is 4.03. The van der Waals surface area contributed by atoms with Crippen LogP contribution in [0.1, 0.15) is 12.5 Å². The molecule has 3 aromatic carbocycles. The Morgan fingerprint density at radius 3 is 1.89 bits per heavy atom. The molecular formula is C23H23NO4. The Morgan fingerprint density at radius 2 is 1.32 bits per heavy atom. The fraction of sp³-hybridized carbons (Fsp3) is 0.174. The molecule has 5 nitrogen and oxygen atoms in total. The van der Waals surface area contributed by atoms with E-state index in [4.69, 9.17) is 14.2 Å². The predicted molar refractivity (Wildman–Crippen MR) is 109 cm³/mol. The Hall–Kier alpha value is -3.47. The average Bonchev–Trinajstić information content (AvgIpc) is 2.72. The van der Waals surface area contributed by atoms with E-state index in [0.717, 1.165) is 28.5 Å². The Labute approximate surface area is 164 Å². The molecule has 0 atom stereocenters. The minimum atomic E-state index is -0.0784. The monoisotopic (exact) mass is 377 g/mol. The summed E-state index contributed by atoms with van der Waals surface area (Å²) < 4.78 is 16.3. The minimum absolute atomic E-state index is 0.0784. The topological polar surface area (TPSA) is 56.8 Å². The molecule has 3 rings (SSSR count). The van der Waals surface area contributed by atoms with Crippen LogP contribution in [0.15, 0.2) is 72.8 Å². The van der Waals surface area contributed by atoms with Gasteiger partial charge in [0.15, 0.2) is 0 Å². The number of carbonyl (C=O) groups is 1. The Kier molecular flexibility index (Phi) is 6.52. The molecule has 0 saturated heterocycles. The number of hydrogen-bond acceptors (Lipinski definition) is 4. The molecule has 0 spiro atoms. The highest BCUT2D eigenvalue weighted by molar-refractivity contribution is 5.92. The van der Waals surface area contributed by atoms with Crippen molar-refractivity contribution in [2.75, 3.05) is 19.0 Å². The molecule has 0 aliphatic rings. The van der Waals surface area contributed by atoms with Gasteiger partial charge >= 0.3 is 0 Å². The van der Waals surface area contributed by atoms with Gasteiger partial charge < -0.3 is 19.5 Å². The molecule has 0 radical (unpaired) electrons. The summed E-state index contributed by atoms with van der Waals surface area (Å²) in [6.07, 6.45) is 0.300. The number of nitrogens with one attached hydrogen (secondary N) is 1. The average molecular weight is 377 g/mol. The summed E-state index contributed by atoms with van der Waals surface area (Å²) in [5.41, 5.74) is 1.64. The van der Waals surface area contributed by atoms with Gasteiger partial charge in [-0.15, -0.1) is 0 Å². The number of benzene rings is 3. The van der Waals surface area contributed by atoms with E-state index in [-0.39, 0.29) is 5.91 Å². The maximum atomic E-state index is 12.2. The fourth-order valence-corrected chi connectivity index (χ4v) is 2.65. The van der Waals surface area contributed by atoms with Crippen LogP contribution >= 0.6 is 0 Å². The Morgan fingerprint density at radius 1 is 0.786 bits per heavy atom. The zero-order valence-corrected chi connectivity index (χ0v) is 16.0. The summed E-state index contributed by atoms with van der Waals surface area (Å²) in [7, 11) is 1.62. The zero-order valence-electron chi connectivity index (χ0n) is 16.0. The van der Waals surface area contributed by atoms with Gasteiger partial charge in [-0.3, -0.25) is 4.79 Å². The van der Waals surface area contributed by atoms with Crippen LogP contribution in [0.25, 0.3) is 0 Å². The van der Waals surface area contributed by atoms with E-state index in [1.807, 2.05) is 79.7 Å². The van der Waals surface area contributed by atoms with Crippen molar-refractivity contribution in [3.63, 3.8) is 0 Å². The van der Waals surface area contributed by atoms with Crippen molar-refractivity contribution in [1.82, 2.24) is 0 Å². The molecule has 28 heavy (non-hydrogen) atoms. The molecular weight excluding hydrogens is 354 g/mol. The van der Waals surface area contributed by atoms with Crippen LogP contribution in [0.5, 0.6) is 23.0 Å². The van der Waals surface area contributed by atoms with Crippen LogP contribution in [-0.4, -0.2) is 19.6 Å². The normalized spacial score (nSPS) is 10.2. The first kappa shape index (κ1) is 19.3. The molecule has 0 saturated carbocycles. The first-order valence-electron chi connectivity index (χ1n) is 9.10. The van der Waals surface area contributed by atoms with Gasteiger partial charge in [0.25, 0.3) is 0 Å². The van der Waals surface area contributed by atoms with E-state index >= 15 is 0 Å². The number of methoxy groups -OCH3 is 1. The molecule has 1 N–H and O–H groups in total. The fourth-order valence-electron chi connectivity index (χ4n) is 2.65. The number of hydrogen-bond donors (Lipinski definition) is 1. The molecule has 0 aliphatic heterocycles. The van der Waals surface area contributed by atoms with Crippen molar-refractivity contribution in [3.05, 3.63) is 78.4 Å². The second-order valence-electron chi connectivity index (χ2n) is 6.10. The van der Waals surface area contributed by atoms with Crippen molar-refractivity contribution in [3.8, 4) is 23.0 Å². The zero-order chi connectivity index (χ0) is 19.8. The maximum Gasteiger partial charge on any atom is 0.228 e. The molecule has 0 aromatic heterocycles. The smallest absolute Gasteiger partial charge is 0.228 e. The van der Waals surface area contributed by atoms with E-state index < -0.39 is 0 Å². The number of anilines is 1. The third-order valence-corrected chi connectivity index (χ3v) is 4.03. The second kappa shape index (κ2) is 9.46. The largest absolute Gasteiger partial charge is 0.497 e. The van der Waals surface area contributed by atoms with Gasteiger partial charge in [-0.2, -0.15) is 0 Å². The summed E-state index contributed by atoms with van der Waals surface area (Å²) >= 11 is 0. The van der Waals surface area contributed by atoms with Crippen LogP contribution in [0.3, 0.4) is 0 Å². The standard InChI is InChI=1S/C23H23NO4/c1-3-27-20-12-14-22(15-13-20)28-21-10-6-18(7-11-21)24-23(25)16-17-4-8-19(26-2)9-5-17/h4-15H,3,16H2,1-2H3,(H,24,25). The summed E-state index contributed by atoms with van der Waals surface area (Å²) in [6, 6.07) is 22.2. The number of rotatable bonds is 8.